The lowest BCUT2D eigenvalue weighted by atomic mass is 10.1. The van der Waals surface area contributed by atoms with Crippen LogP contribution in [0.2, 0.25) is 0 Å². The van der Waals surface area contributed by atoms with Crippen LogP contribution in [0.3, 0.4) is 0 Å². The van der Waals surface area contributed by atoms with Gasteiger partial charge in [-0.05, 0) is 24.3 Å². The number of ether oxygens (including phenoxy) is 2. The molecule has 11 nitrogen and oxygen atoms in total. The van der Waals surface area contributed by atoms with Gasteiger partial charge in [0.25, 0.3) is 5.56 Å². The topological polar surface area (TPSA) is 160 Å². The van der Waals surface area contributed by atoms with Gasteiger partial charge < -0.3 is 25.0 Å². The number of halogens is 3. The predicted octanol–water partition coefficient (Wildman–Crippen LogP) is -0.348. The summed E-state index contributed by atoms with van der Waals surface area (Å²) in [6.07, 6.45) is -10.6. The van der Waals surface area contributed by atoms with E-state index in [2.05, 4.69) is 9.72 Å². The van der Waals surface area contributed by atoms with Crippen LogP contribution in [0.5, 0.6) is 0 Å². The zero-order valence-corrected chi connectivity index (χ0v) is 19.0. The van der Waals surface area contributed by atoms with E-state index >= 15 is 0 Å². The van der Waals surface area contributed by atoms with Crippen LogP contribution in [0, 0.1) is 0 Å². The van der Waals surface area contributed by atoms with E-state index in [-0.39, 0.29) is 28.8 Å². The number of H-pyrrole nitrogens is 1. The molecule has 1 aliphatic heterocycles. The Hall–Kier alpha value is -2.88. The molecule has 3 rings (SSSR count). The third-order valence-electron chi connectivity index (χ3n) is 5.32. The molecule has 5 atom stereocenters. The number of methoxy groups -OCH3 is 1. The van der Waals surface area contributed by atoms with E-state index in [0.29, 0.717) is 0 Å². The van der Waals surface area contributed by atoms with Gasteiger partial charge in [0.2, 0.25) is 0 Å². The fraction of sp³-hybridized carbons (Fsp3) is 0.500. The lowest BCUT2D eigenvalue weighted by molar-refractivity contribution is -0.175. The molecule has 0 spiro atoms. The summed E-state index contributed by atoms with van der Waals surface area (Å²) in [6.45, 7) is 0. The average molecular weight is 521 g/mol. The van der Waals surface area contributed by atoms with Crippen molar-refractivity contribution in [2.24, 2.45) is 0 Å². The predicted molar refractivity (Wildman–Crippen MR) is 117 cm³/mol. The number of fused-ring (bicyclic) bond motifs is 1. The Labute approximate surface area is 199 Å². The van der Waals surface area contributed by atoms with E-state index in [9.17, 15) is 42.6 Å². The second-order valence-corrected chi connectivity index (χ2v) is 8.75. The summed E-state index contributed by atoms with van der Waals surface area (Å²) in [4.78, 5) is 49.5. The highest BCUT2D eigenvalue weighted by Crippen LogP contribution is 2.32. The SMILES string of the molecule is COC(=O)[C@H](CCSC[C@H]1O[C@@H](n2c(=O)[nH]c(=O)c3ccccc32)[C@H](O)[C@@H]1O)NC(=O)C(F)(F)F. The molecular formula is C20H22F3N3O8S. The average Bonchev–Trinajstić information content (AvgIpc) is 3.08. The van der Waals surface area contributed by atoms with E-state index in [1.165, 1.54) is 12.1 Å². The third-order valence-corrected chi connectivity index (χ3v) is 6.41. The van der Waals surface area contributed by atoms with Crippen LogP contribution in [0.4, 0.5) is 13.2 Å². The molecule has 2 aromatic rings. The third kappa shape index (κ3) is 5.86. The van der Waals surface area contributed by atoms with Gasteiger partial charge in [-0.15, -0.1) is 0 Å². The molecule has 1 amide bonds. The Kier molecular flexibility index (Phi) is 8.25. The summed E-state index contributed by atoms with van der Waals surface area (Å²) in [6, 6.07) is 4.59. The summed E-state index contributed by atoms with van der Waals surface area (Å²) in [5.74, 6) is -3.24. The second kappa shape index (κ2) is 10.8. The number of aliphatic hydroxyl groups excluding tert-OH is 2. The Morgan fingerprint density at radius 1 is 1.26 bits per heavy atom. The van der Waals surface area contributed by atoms with Crippen molar-refractivity contribution in [3.05, 3.63) is 45.1 Å². The molecule has 0 unspecified atom stereocenters. The summed E-state index contributed by atoms with van der Waals surface area (Å²) < 4.78 is 48.6. The van der Waals surface area contributed by atoms with Gasteiger partial charge in [0, 0.05) is 5.75 Å². The number of aromatic amines is 1. The number of para-hydroxylation sites is 1. The quantitative estimate of drug-likeness (QED) is 0.269. The van der Waals surface area contributed by atoms with Crippen LogP contribution >= 0.6 is 11.8 Å². The van der Waals surface area contributed by atoms with Gasteiger partial charge >= 0.3 is 23.7 Å². The summed E-state index contributed by atoms with van der Waals surface area (Å²) in [5, 5.41) is 22.7. The van der Waals surface area contributed by atoms with E-state index in [0.717, 1.165) is 23.4 Å². The van der Waals surface area contributed by atoms with Crippen LogP contribution in [0.1, 0.15) is 12.6 Å². The number of rotatable bonds is 8. The van der Waals surface area contributed by atoms with Crippen molar-refractivity contribution in [3.8, 4) is 0 Å². The van der Waals surface area contributed by atoms with Gasteiger partial charge in [-0.25, -0.2) is 9.59 Å². The number of amides is 1. The Morgan fingerprint density at radius 2 is 1.94 bits per heavy atom. The van der Waals surface area contributed by atoms with Gasteiger partial charge in [-0.3, -0.25) is 19.1 Å². The van der Waals surface area contributed by atoms with Crippen molar-refractivity contribution < 1.29 is 42.4 Å². The van der Waals surface area contributed by atoms with Gasteiger partial charge in [0.1, 0.15) is 18.2 Å². The van der Waals surface area contributed by atoms with Crippen LogP contribution in [-0.2, 0) is 19.1 Å². The number of nitrogens with one attached hydrogen (secondary N) is 2. The molecular weight excluding hydrogens is 499 g/mol. The number of carbonyl (C=O) groups excluding carboxylic acids is 2. The van der Waals surface area contributed by atoms with Crippen LogP contribution in [0.25, 0.3) is 10.9 Å². The van der Waals surface area contributed by atoms with E-state index < -0.39 is 59.9 Å². The minimum absolute atomic E-state index is 0.0336. The molecule has 0 radical (unpaired) electrons. The molecule has 0 bridgehead atoms. The second-order valence-electron chi connectivity index (χ2n) is 7.60. The summed E-state index contributed by atoms with van der Waals surface area (Å²) >= 11 is 1.07. The number of aliphatic hydroxyl groups is 2. The number of alkyl halides is 3. The Morgan fingerprint density at radius 3 is 2.60 bits per heavy atom. The fourth-order valence-corrected chi connectivity index (χ4v) is 4.65. The van der Waals surface area contributed by atoms with Crippen molar-refractivity contribution >= 4 is 34.5 Å². The molecule has 1 saturated heterocycles. The zero-order valence-electron chi connectivity index (χ0n) is 18.2. The first-order chi connectivity index (χ1) is 16.5. The van der Waals surface area contributed by atoms with E-state index in [1.54, 1.807) is 17.4 Å². The van der Waals surface area contributed by atoms with Crippen LogP contribution < -0.4 is 16.6 Å². The maximum Gasteiger partial charge on any atom is 0.471 e. The lowest BCUT2D eigenvalue weighted by Crippen LogP contribution is -2.47. The number of benzene rings is 1. The van der Waals surface area contributed by atoms with Gasteiger partial charge in [0.15, 0.2) is 6.23 Å². The minimum atomic E-state index is -5.17. The highest BCUT2D eigenvalue weighted by atomic mass is 32.2. The first-order valence-electron chi connectivity index (χ1n) is 10.2. The number of hydrogen-bond acceptors (Lipinski definition) is 9. The van der Waals surface area contributed by atoms with Crippen molar-refractivity contribution in [2.45, 2.75) is 43.2 Å². The first kappa shape index (κ1) is 26.7. The van der Waals surface area contributed by atoms with Crippen molar-refractivity contribution in [2.75, 3.05) is 18.6 Å². The first-order valence-corrected chi connectivity index (χ1v) is 11.4. The van der Waals surface area contributed by atoms with Crippen LogP contribution in [-0.4, -0.2) is 80.8 Å². The smallest absolute Gasteiger partial charge is 0.467 e. The Balaban J connectivity index is 1.66. The molecule has 1 aliphatic rings. The zero-order chi connectivity index (χ0) is 25.9. The van der Waals surface area contributed by atoms with Crippen molar-refractivity contribution in [3.63, 3.8) is 0 Å². The van der Waals surface area contributed by atoms with Crippen molar-refractivity contribution in [1.82, 2.24) is 14.9 Å². The maximum atomic E-state index is 12.5. The number of esters is 1. The molecule has 1 fully saturated rings. The standard InChI is InChI=1S/C20H22F3N3O8S/c1-33-17(30)10(24-18(31)20(21,22)23)6-7-35-8-12-13(27)14(28)16(34-12)26-11-5-3-2-4-9(11)15(29)25-19(26)32/h2-5,10,12-14,16,27-28H,6-8H2,1H3,(H,24,31)(H,25,29,32)/t10-,12+,13+,14+,16+/m0/s1. The highest BCUT2D eigenvalue weighted by molar-refractivity contribution is 7.99. The molecule has 1 aromatic heterocycles. The largest absolute Gasteiger partial charge is 0.471 e. The molecule has 1 aromatic carbocycles. The number of hydrogen-bond donors (Lipinski definition) is 4. The number of thioether (sulfide) groups is 1. The molecule has 0 aliphatic carbocycles. The summed E-state index contributed by atoms with van der Waals surface area (Å²) in [7, 11) is 0.967. The van der Waals surface area contributed by atoms with Gasteiger partial charge in [0.05, 0.1) is 24.1 Å². The minimum Gasteiger partial charge on any atom is -0.467 e. The molecule has 192 valence electrons. The van der Waals surface area contributed by atoms with Crippen LogP contribution in [0.15, 0.2) is 33.9 Å². The molecule has 2 heterocycles. The fourth-order valence-electron chi connectivity index (χ4n) is 3.57. The molecule has 4 N–H and O–H groups in total. The van der Waals surface area contributed by atoms with E-state index in [4.69, 9.17) is 4.74 Å². The number of nitrogens with zero attached hydrogens (tertiary/aromatic N) is 1. The highest BCUT2D eigenvalue weighted by Gasteiger charge is 2.45. The lowest BCUT2D eigenvalue weighted by Gasteiger charge is -2.19. The normalized spacial score (nSPS) is 23.3. The molecule has 35 heavy (non-hydrogen) atoms. The Bertz CT molecular complexity index is 1200. The number of carbonyl (C=O) groups is 2. The maximum absolute atomic E-state index is 12.5. The monoisotopic (exact) mass is 521 g/mol. The molecule has 15 heteroatoms. The van der Waals surface area contributed by atoms with Gasteiger partial charge in [-0.2, -0.15) is 24.9 Å². The van der Waals surface area contributed by atoms with E-state index in [1.807, 2.05) is 0 Å². The van der Waals surface area contributed by atoms with Gasteiger partial charge in [-0.1, -0.05) is 12.1 Å². The van der Waals surface area contributed by atoms with Crippen molar-refractivity contribution in [1.29, 1.82) is 0 Å². The summed E-state index contributed by atoms with van der Waals surface area (Å²) in [5.41, 5.74) is -1.29. The number of aromatic nitrogens is 2. The molecule has 0 saturated carbocycles.